The Morgan fingerprint density at radius 2 is 1.79 bits per heavy atom. The zero-order valence-corrected chi connectivity index (χ0v) is 16.3. The topological polar surface area (TPSA) is 110 Å². The predicted octanol–water partition coefficient (Wildman–Crippen LogP) is 3.59. The number of ether oxygens (including phenoxy) is 1. The van der Waals surface area contributed by atoms with Crippen LogP contribution in [0.5, 0.6) is 0 Å². The second-order valence-corrected chi connectivity index (χ2v) is 6.55. The number of hydrogen-bond donors (Lipinski definition) is 2. The minimum atomic E-state index is -0.672. The number of benzene rings is 2. The van der Waals surface area contributed by atoms with E-state index < -0.39 is 5.97 Å². The summed E-state index contributed by atoms with van der Waals surface area (Å²) in [5.74, 6) is -0.959. The highest BCUT2D eigenvalue weighted by molar-refractivity contribution is 6.05. The van der Waals surface area contributed by atoms with Crippen LogP contribution in [-0.4, -0.2) is 23.6 Å². The van der Waals surface area contributed by atoms with Crippen LogP contribution >= 0.6 is 0 Å². The largest absolute Gasteiger partial charge is 0.464 e. The highest BCUT2D eigenvalue weighted by Gasteiger charge is 2.22. The van der Waals surface area contributed by atoms with E-state index in [-0.39, 0.29) is 22.9 Å². The van der Waals surface area contributed by atoms with Crippen LogP contribution in [0.25, 0.3) is 5.69 Å². The molecule has 0 aliphatic carbocycles. The first kappa shape index (κ1) is 19.7. The number of nitriles is 1. The molecule has 3 aromatic rings. The quantitative estimate of drug-likeness (QED) is 0.664. The monoisotopic (exact) mass is 388 g/mol. The maximum atomic E-state index is 12.8. The number of aromatic nitrogens is 1. The van der Waals surface area contributed by atoms with Crippen molar-refractivity contribution in [1.29, 1.82) is 5.26 Å². The van der Waals surface area contributed by atoms with Crippen molar-refractivity contribution in [2.24, 2.45) is 0 Å². The molecule has 0 aliphatic rings. The van der Waals surface area contributed by atoms with Crippen LogP contribution < -0.4 is 11.1 Å². The molecule has 146 valence electrons. The fourth-order valence-electron chi connectivity index (χ4n) is 3.11. The van der Waals surface area contributed by atoms with Gasteiger partial charge in [-0.25, -0.2) is 4.79 Å². The SMILES string of the molecule is COC(=O)c1c(N)c(C#N)cn1-c1cccc(C(=O)Nc2c(C)cccc2C)c1. The highest BCUT2D eigenvalue weighted by atomic mass is 16.5. The van der Waals surface area contributed by atoms with Gasteiger partial charge in [0.2, 0.25) is 0 Å². The summed E-state index contributed by atoms with van der Waals surface area (Å²) >= 11 is 0. The number of aryl methyl sites for hydroxylation is 2. The minimum Gasteiger partial charge on any atom is -0.464 e. The molecule has 0 radical (unpaired) electrons. The van der Waals surface area contributed by atoms with Gasteiger partial charge in [0.15, 0.2) is 5.69 Å². The van der Waals surface area contributed by atoms with Crippen LogP contribution in [0.3, 0.4) is 0 Å². The Balaban J connectivity index is 2.02. The van der Waals surface area contributed by atoms with Crippen LogP contribution in [0.1, 0.15) is 37.5 Å². The third-order valence-electron chi connectivity index (χ3n) is 4.65. The van der Waals surface area contributed by atoms with Gasteiger partial charge in [0, 0.05) is 23.1 Å². The molecular formula is C22H20N4O3. The van der Waals surface area contributed by atoms with Crippen molar-refractivity contribution < 1.29 is 14.3 Å². The number of hydrogen-bond acceptors (Lipinski definition) is 5. The summed E-state index contributed by atoms with van der Waals surface area (Å²) < 4.78 is 6.25. The number of esters is 1. The maximum Gasteiger partial charge on any atom is 0.357 e. The molecule has 1 heterocycles. The number of nitrogen functional groups attached to an aromatic ring is 1. The summed E-state index contributed by atoms with van der Waals surface area (Å²) in [4.78, 5) is 25.0. The molecule has 2 aromatic carbocycles. The van der Waals surface area contributed by atoms with Crippen molar-refractivity contribution >= 4 is 23.3 Å². The molecule has 3 rings (SSSR count). The Morgan fingerprint density at radius 1 is 1.14 bits per heavy atom. The van der Waals surface area contributed by atoms with E-state index in [1.165, 1.54) is 17.9 Å². The lowest BCUT2D eigenvalue weighted by Crippen LogP contribution is -2.15. The number of carbonyl (C=O) groups is 2. The Hall–Kier alpha value is -4.05. The summed E-state index contributed by atoms with van der Waals surface area (Å²) in [5.41, 5.74) is 9.73. The lowest BCUT2D eigenvalue weighted by molar-refractivity contribution is 0.0593. The number of para-hydroxylation sites is 1. The Labute approximate surface area is 168 Å². The van der Waals surface area contributed by atoms with E-state index in [1.54, 1.807) is 24.3 Å². The second-order valence-electron chi connectivity index (χ2n) is 6.55. The lowest BCUT2D eigenvalue weighted by atomic mass is 10.1. The molecule has 0 fully saturated rings. The van der Waals surface area contributed by atoms with Crippen LogP contribution in [0.2, 0.25) is 0 Å². The zero-order valence-electron chi connectivity index (χ0n) is 16.3. The Kier molecular flexibility index (Phi) is 5.37. The standard InChI is InChI=1S/C22H20N4O3/c1-13-6-4-7-14(2)19(13)25-21(27)15-8-5-9-17(10-15)26-12-16(11-23)18(24)20(26)22(28)29-3/h4-10,12H,24H2,1-3H3,(H,25,27). The van der Waals surface area contributed by atoms with Gasteiger partial charge in [0.05, 0.1) is 18.4 Å². The molecule has 0 saturated heterocycles. The van der Waals surface area contributed by atoms with E-state index in [4.69, 9.17) is 10.5 Å². The molecule has 29 heavy (non-hydrogen) atoms. The van der Waals surface area contributed by atoms with Gasteiger partial charge < -0.3 is 20.4 Å². The molecule has 0 unspecified atom stereocenters. The first-order valence-corrected chi connectivity index (χ1v) is 8.84. The number of nitrogens with one attached hydrogen (secondary N) is 1. The molecule has 0 spiro atoms. The molecule has 7 nitrogen and oxygen atoms in total. The van der Waals surface area contributed by atoms with Gasteiger partial charge in [0.1, 0.15) is 6.07 Å². The van der Waals surface area contributed by atoms with Crippen molar-refractivity contribution in [1.82, 2.24) is 4.57 Å². The first-order valence-electron chi connectivity index (χ1n) is 8.84. The third kappa shape index (κ3) is 3.69. The third-order valence-corrected chi connectivity index (χ3v) is 4.65. The average molecular weight is 388 g/mol. The molecule has 1 amide bonds. The summed E-state index contributed by atoms with van der Waals surface area (Å²) in [6, 6.07) is 14.4. The number of carbonyl (C=O) groups excluding carboxylic acids is 2. The van der Waals surface area contributed by atoms with E-state index in [2.05, 4.69) is 5.32 Å². The van der Waals surface area contributed by atoms with Crippen molar-refractivity contribution in [3.8, 4) is 11.8 Å². The normalized spacial score (nSPS) is 10.3. The van der Waals surface area contributed by atoms with Crippen LogP contribution in [0.15, 0.2) is 48.7 Å². The number of anilines is 2. The minimum absolute atomic E-state index is 0.0322. The number of nitrogens with zero attached hydrogens (tertiary/aromatic N) is 2. The first-order chi connectivity index (χ1) is 13.9. The van der Waals surface area contributed by atoms with E-state index in [9.17, 15) is 14.9 Å². The number of amides is 1. The molecular weight excluding hydrogens is 368 g/mol. The number of nitrogens with two attached hydrogens (primary N) is 1. The van der Waals surface area contributed by atoms with Gasteiger partial charge in [0.25, 0.3) is 5.91 Å². The summed E-state index contributed by atoms with van der Waals surface area (Å²) in [5, 5.41) is 12.2. The zero-order chi connectivity index (χ0) is 21.1. The summed E-state index contributed by atoms with van der Waals surface area (Å²) in [6.07, 6.45) is 1.45. The van der Waals surface area contributed by atoms with Crippen molar-refractivity contribution in [2.75, 3.05) is 18.2 Å². The van der Waals surface area contributed by atoms with Crippen molar-refractivity contribution in [2.45, 2.75) is 13.8 Å². The molecule has 7 heteroatoms. The Bertz CT molecular complexity index is 1140. The predicted molar refractivity (Wildman–Crippen MR) is 110 cm³/mol. The molecule has 0 aliphatic heterocycles. The van der Waals surface area contributed by atoms with Gasteiger partial charge in [-0.1, -0.05) is 24.3 Å². The lowest BCUT2D eigenvalue weighted by Gasteiger charge is -2.13. The van der Waals surface area contributed by atoms with Gasteiger partial charge in [-0.3, -0.25) is 4.79 Å². The van der Waals surface area contributed by atoms with E-state index in [0.29, 0.717) is 11.3 Å². The summed E-state index contributed by atoms with van der Waals surface area (Å²) in [6.45, 7) is 3.85. The smallest absolute Gasteiger partial charge is 0.357 e. The van der Waals surface area contributed by atoms with Gasteiger partial charge in [-0.05, 0) is 43.2 Å². The van der Waals surface area contributed by atoms with Crippen LogP contribution in [0.4, 0.5) is 11.4 Å². The molecule has 0 atom stereocenters. The number of rotatable bonds is 4. The second kappa shape index (κ2) is 7.90. The van der Waals surface area contributed by atoms with Crippen LogP contribution in [0, 0.1) is 25.2 Å². The van der Waals surface area contributed by atoms with Gasteiger partial charge in [-0.2, -0.15) is 5.26 Å². The van der Waals surface area contributed by atoms with E-state index in [1.807, 2.05) is 38.1 Å². The molecule has 0 saturated carbocycles. The Morgan fingerprint density at radius 3 is 2.41 bits per heavy atom. The van der Waals surface area contributed by atoms with Gasteiger partial charge in [-0.15, -0.1) is 0 Å². The van der Waals surface area contributed by atoms with Gasteiger partial charge >= 0.3 is 5.97 Å². The molecule has 0 bridgehead atoms. The molecule has 1 aromatic heterocycles. The average Bonchev–Trinajstić information content (AvgIpc) is 3.06. The van der Waals surface area contributed by atoms with E-state index in [0.717, 1.165) is 16.8 Å². The van der Waals surface area contributed by atoms with Crippen LogP contribution in [-0.2, 0) is 4.74 Å². The van der Waals surface area contributed by atoms with Crippen molar-refractivity contribution in [3.05, 3.63) is 76.6 Å². The number of methoxy groups -OCH3 is 1. The molecule has 3 N–H and O–H groups in total. The highest BCUT2D eigenvalue weighted by Crippen LogP contribution is 2.26. The maximum absolute atomic E-state index is 12.8. The van der Waals surface area contributed by atoms with E-state index >= 15 is 0 Å². The summed E-state index contributed by atoms with van der Waals surface area (Å²) in [7, 11) is 1.24. The fourth-order valence-corrected chi connectivity index (χ4v) is 3.11. The van der Waals surface area contributed by atoms with Crippen molar-refractivity contribution in [3.63, 3.8) is 0 Å². The fraction of sp³-hybridized carbons (Fsp3) is 0.136.